The molecular weight excluding hydrogens is 602 g/mol. The van der Waals surface area contributed by atoms with Crippen LogP contribution in [-0.4, -0.2) is 106 Å². The molecule has 45 heavy (non-hydrogen) atoms. The van der Waals surface area contributed by atoms with Crippen molar-refractivity contribution in [3.05, 3.63) is 59.9 Å². The molecule has 0 bridgehead atoms. The van der Waals surface area contributed by atoms with Gasteiger partial charge in [0.2, 0.25) is 23.1 Å². The third-order valence-electron chi connectivity index (χ3n) is 8.35. The summed E-state index contributed by atoms with van der Waals surface area (Å²) in [6, 6.07) is 12.1. The van der Waals surface area contributed by atoms with Gasteiger partial charge >= 0.3 is 0 Å². The molecule has 0 radical (unpaired) electrons. The summed E-state index contributed by atoms with van der Waals surface area (Å²) in [7, 11) is -2.36. The number of nitrogens with zero attached hydrogens (tertiary/aromatic N) is 3. The van der Waals surface area contributed by atoms with Crippen molar-refractivity contribution >= 4 is 15.9 Å². The number of piperazine rings is 1. The average Bonchev–Trinajstić information content (AvgIpc) is 3.52. The Bertz CT molecular complexity index is 1440. The predicted octanol–water partition coefficient (Wildman–Crippen LogP) is 2.67. The number of fused-ring (bicyclic) bond motifs is 1. The molecule has 3 aliphatic rings. The van der Waals surface area contributed by atoms with E-state index in [9.17, 15) is 18.3 Å². The minimum Gasteiger partial charge on any atom is -0.497 e. The molecule has 2 aromatic rings. The van der Waals surface area contributed by atoms with E-state index in [1.165, 1.54) is 23.5 Å². The number of carbonyl (C=O) groups is 1. The van der Waals surface area contributed by atoms with Crippen LogP contribution >= 0.6 is 0 Å². The molecule has 0 saturated carbocycles. The van der Waals surface area contributed by atoms with Crippen molar-refractivity contribution in [3.63, 3.8) is 0 Å². The summed E-state index contributed by atoms with van der Waals surface area (Å²) in [5.41, 5.74) is 1.13. The first-order valence-electron chi connectivity index (χ1n) is 15.3. The maximum atomic E-state index is 13.6. The van der Waals surface area contributed by atoms with E-state index in [1.807, 2.05) is 29.2 Å². The van der Waals surface area contributed by atoms with E-state index < -0.39 is 16.3 Å². The Labute approximate surface area is 265 Å². The van der Waals surface area contributed by atoms with E-state index >= 15 is 0 Å². The Morgan fingerprint density at radius 1 is 1.04 bits per heavy atom. The maximum Gasteiger partial charge on any atom is 0.288 e. The fraction of sp³-hybridized carbons (Fsp3) is 0.531. The molecule has 0 aromatic heterocycles. The lowest BCUT2D eigenvalue weighted by Crippen LogP contribution is -2.49. The van der Waals surface area contributed by atoms with E-state index in [0.29, 0.717) is 25.3 Å². The summed E-state index contributed by atoms with van der Waals surface area (Å²) in [5, 5.41) is 9.56. The Hall–Kier alpha value is -3.36. The van der Waals surface area contributed by atoms with E-state index in [1.54, 1.807) is 12.1 Å². The number of rotatable bonds is 13. The molecule has 0 unspecified atom stereocenters. The van der Waals surface area contributed by atoms with Gasteiger partial charge in [-0.05, 0) is 59.9 Å². The van der Waals surface area contributed by atoms with Crippen molar-refractivity contribution < 1.29 is 42.0 Å². The number of amides is 1. The summed E-state index contributed by atoms with van der Waals surface area (Å²) in [6.07, 6.45) is 1.74. The van der Waals surface area contributed by atoms with Gasteiger partial charge in [0.1, 0.15) is 5.75 Å². The molecule has 3 aliphatic heterocycles. The van der Waals surface area contributed by atoms with Crippen molar-refractivity contribution in [2.45, 2.75) is 38.0 Å². The first kappa shape index (κ1) is 33.0. The van der Waals surface area contributed by atoms with Crippen LogP contribution in [0.3, 0.4) is 0 Å². The number of allylic oxidation sites excluding steroid dienone is 1. The van der Waals surface area contributed by atoms with Gasteiger partial charge in [0.25, 0.3) is 5.91 Å². The fourth-order valence-electron chi connectivity index (χ4n) is 5.61. The number of ether oxygens (including phenoxy) is 5. The maximum absolute atomic E-state index is 13.6. The molecule has 2 atom stereocenters. The summed E-state index contributed by atoms with van der Waals surface area (Å²) < 4.78 is 55.8. The fourth-order valence-corrected chi connectivity index (χ4v) is 7.03. The highest BCUT2D eigenvalue weighted by atomic mass is 32.2. The average molecular weight is 646 g/mol. The zero-order chi connectivity index (χ0) is 32.0. The van der Waals surface area contributed by atoms with Crippen LogP contribution in [0.4, 0.5) is 0 Å². The number of aliphatic hydroxyl groups excluding tert-OH is 1. The number of hydrogen-bond donors (Lipinski definition) is 1. The molecule has 12 nitrogen and oxygen atoms in total. The van der Waals surface area contributed by atoms with Crippen LogP contribution < -0.4 is 14.2 Å². The lowest BCUT2D eigenvalue weighted by molar-refractivity contribution is -0.157. The van der Waals surface area contributed by atoms with E-state index in [-0.39, 0.29) is 61.5 Å². The highest BCUT2D eigenvalue weighted by Crippen LogP contribution is 2.33. The summed E-state index contributed by atoms with van der Waals surface area (Å²) >= 11 is 0. The van der Waals surface area contributed by atoms with Gasteiger partial charge in [-0.25, -0.2) is 8.42 Å². The summed E-state index contributed by atoms with van der Waals surface area (Å²) in [5.74, 6) is 2.49. The number of sulfonamides is 1. The van der Waals surface area contributed by atoms with Gasteiger partial charge in [-0.3, -0.25) is 9.69 Å². The molecular formula is C32H43N3O9S. The van der Waals surface area contributed by atoms with E-state index in [4.69, 9.17) is 23.7 Å². The highest BCUT2D eigenvalue weighted by molar-refractivity contribution is 7.89. The van der Waals surface area contributed by atoms with Crippen LogP contribution in [0, 0.1) is 11.8 Å². The first-order valence-corrected chi connectivity index (χ1v) is 16.8. The molecule has 1 amide bonds. The molecule has 5 rings (SSSR count). The van der Waals surface area contributed by atoms with E-state index in [0.717, 1.165) is 36.7 Å². The number of hydrogen-bond acceptors (Lipinski definition) is 10. The molecule has 1 fully saturated rings. The zero-order valence-electron chi connectivity index (χ0n) is 26.1. The Balaban J connectivity index is 1.15. The number of carbonyl (C=O) groups excluding carboxylic acids is 1. The monoisotopic (exact) mass is 645 g/mol. The van der Waals surface area contributed by atoms with Gasteiger partial charge in [0, 0.05) is 52.2 Å². The van der Waals surface area contributed by atoms with Crippen molar-refractivity contribution in [3.8, 4) is 17.2 Å². The van der Waals surface area contributed by atoms with Gasteiger partial charge in [-0.2, -0.15) is 4.31 Å². The second kappa shape index (κ2) is 14.8. The molecule has 246 valence electrons. The number of methoxy groups -OCH3 is 1. The molecule has 3 heterocycles. The van der Waals surface area contributed by atoms with Crippen LogP contribution in [0.15, 0.2) is 59.2 Å². The molecule has 0 spiro atoms. The Morgan fingerprint density at radius 3 is 2.47 bits per heavy atom. The summed E-state index contributed by atoms with van der Waals surface area (Å²) in [4.78, 5) is 17.8. The first-order chi connectivity index (χ1) is 21.7. The van der Waals surface area contributed by atoms with Crippen molar-refractivity contribution in [2.75, 3.05) is 66.4 Å². The van der Waals surface area contributed by atoms with Gasteiger partial charge in [0.15, 0.2) is 17.3 Å². The standard InChI is InChI=1S/C32H43N3O9S/c1-23(2)25-19-30(32(37)34-12-10-33(11-13-34)21-24-4-9-28-29(18-24)43-22-42-28)44-31(20-25)41-17-15-35(14-16-36)45(38,39)27-7-5-26(40-3)6-8-27/h4-9,18-19,23,25,31,36H,10-17,20-22H2,1-3H3/t25-,31+/m1/s1. The smallest absolute Gasteiger partial charge is 0.288 e. The van der Waals surface area contributed by atoms with Crippen LogP contribution in [-0.2, 0) is 30.8 Å². The normalized spacial score (nSPS) is 20.3. The number of aliphatic hydroxyl groups is 1. The van der Waals surface area contributed by atoms with Crippen molar-refractivity contribution in [1.29, 1.82) is 0 Å². The highest BCUT2D eigenvalue weighted by Gasteiger charge is 2.33. The Morgan fingerprint density at radius 2 is 1.78 bits per heavy atom. The SMILES string of the molecule is COc1ccc(S(=O)(=O)N(CCO)CCO[C@@H]2C[C@H](C(C)C)C=C(C(=O)N3CCN(Cc4ccc5c(c4)OCO5)CC3)O2)cc1. The third-order valence-corrected chi connectivity index (χ3v) is 10.3. The summed E-state index contributed by atoms with van der Waals surface area (Å²) in [6.45, 7) is 7.40. The minimum atomic E-state index is -3.87. The molecule has 2 aromatic carbocycles. The molecule has 0 aliphatic carbocycles. The molecule has 1 saturated heterocycles. The lowest BCUT2D eigenvalue weighted by atomic mass is 9.90. The van der Waals surface area contributed by atoms with Gasteiger partial charge in [-0.1, -0.05) is 19.9 Å². The van der Waals surface area contributed by atoms with Crippen LogP contribution in [0.1, 0.15) is 25.8 Å². The van der Waals surface area contributed by atoms with Gasteiger partial charge in [0.05, 0.1) is 25.2 Å². The van der Waals surface area contributed by atoms with Crippen LogP contribution in [0.2, 0.25) is 0 Å². The lowest BCUT2D eigenvalue weighted by Gasteiger charge is -2.37. The van der Waals surface area contributed by atoms with E-state index in [2.05, 4.69) is 18.7 Å². The van der Waals surface area contributed by atoms with Gasteiger partial charge < -0.3 is 33.7 Å². The van der Waals surface area contributed by atoms with Gasteiger partial charge in [-0.15, -0.1) is 0 Å². The molecule has 13 heteroatoms. The molecule has 1 N–H and O–H groups in total. The second-order valence-corrected chi connectivity index (χ2v) is 13.6. The minimum absolute atomic E-state index is 0.0133. The topological polar surface area (TPSA) is 127 Å². The third kappa shape index (κ3) is 8.08. The largest absolute Gasteiger partial charge is 0.497 e. The van der Waals surface area contributed by atoms with Crippen LogP contribution in [0.5, 0.6) is 17.2 Å². The predicted molar refractivity (Wildman–Crippen MR) is 165 cm³/mol. The second-order valence-electron chi connectivity index (χ2n) is 11.7. The van der Waals surface area contributed by atoms with Crippen molar-refractivity contribution in [1.82, 2.24) is 14.1 Å². The zero-order valence-corrected chi connectivity index (χ0v) is 26.9. The number of benzene rings is 2. The quantitative estimate of drug-likeness (QED) is 0.348. The van der Waals surface area contributed by atoms with Crippen LogP contribution in [0.25, 0.3) is 0 Å². The van der Waals surface area contributed by atoms with Crippen molar-refractivity contribution in [2.24, 2.45) is 11.8 Å². The Kier molecular flexibility index (Phi) is 10.9.